The van der Waals surface area contributed by atoms with Gasteiger partial charge in [0.15, 0.2) is 5.78 Å². The Morgan fingerprint density at radius 3 is 2.23 bits per heavy atom. The molecule has 0 spiro atoms. The lowest BCUT2D eigenvalue weighted by Gasteiger charge is -2.31. The summed E-state index contributed by atoms with van der Waals surface area (Å²) >= 11 is 0. The Morgan fingerprint density at radius 1 is 1.08 bits per heavy atom. The van der Waals surface area contributed by atoms with Gasteiger partial charge in [0.05, 0.1) is 4.90 Å². The summed E-state index contributed by atoms with van der Waals surface area (Å²) in [7, 11) is -3.38. The molecule has 1 aromatic carbocycles. The molecule has 3 aliphatic rings. The van der Waals surface area contributed by atoms with Crippen LogP contribution in [0.5, 0.6) is 0 Å². The molecule has 0 aromatic heterocycles. The van der Waals surface area contributed by atoms with Gasteiger partial charge in [-0.1, -0.05) is 32.9 Å². The highest BCUT2D eigenvalue weighted by molar-refractivity contribution is 7.89. The number of benzene rings is 1. The third kappa shape index (κ3) is 2.36. The van der Waals surface area contributed by atoms with Gasteiger partial charge in [0, 0.05) is 18.5 Å². The molecule has 4 rings (SSSR count). The van der Waals surface area contributed by atoms with Crippen LogP contribution >= 0.6 is 0 Å². The van der Waals surface area contributed by atoms with Gasteiger partial charge in [-0.3, -0.25) is 4.79 Å². The first-order valence-electron chi connectivity index (χ1n) is 9.54. The van der Waals surface area contributed by atoms with Crippen molar-refractivity contribution in [3.63, 3.8) is 0 Å². The van der Waals surface area contributed by atoms with E-state index in [0.29, 0.717) is 23.9 Å². The van der Waals surface area contributed by atoms with E-state index in [2.05, 4.69) is 20.8 Å². The number of allylic oxidation sites excluding steroid dienone is 1. The molecular formula is C21H27NO3S. The number of rotatable bonds is 3. The van der Waals surface area contributed by atoms with Gasteiger partial charge in [-0.15, -0.1) is 0 Å². The van der Waals surface area contributed by atoms with Gasteiger partial charge >= 0.3 is 0 Å². The van der Waals surface area contributed by atoms with Crippen LogP contribution in [0, 0.1) is 16.7 Å². The quantitative estimate of drug-likeness (QED) is 0.756. The molecular weight excluding hydrogens is 346 g/mol. The van der Waals surface area contributed by atoms with E-state index in [1.807, 2.05) is 18.2 Å². The highest BCUT2D eigenvalue weighted by Crippen LogP contribution is 2.65. The number of sulfonamides is 1. The first-order valence-corrected chi connectivity index (χ1v) is 11.0. The van der Waals surface area contributed by atoms with Gasteiger partial charge < -0.3 is 0 Å². The first kappa shape index (κ1) is 17.9. The maximum atomic E-state index is 12.9. The fraction of sp³-hybridized carbons (Fsp3) is 0.571. The van der Waals surface area contributed by atoms with Crippen molar-refractivity contribution in [3.8, 4) is 0 Å². The average Bonchev–Trinajstić information content (AvgIpc) is 3.24. The summed E-state index contributed by atoms with van der Waals surface area (Å²) in [6.45, 7) is 7.72. The molecule has 0 radical (unpaired) electrons. The van der Waals surface area contributed by atoms with E-state index in [0.717, 1.165) is 36.8 Å². The van der Waals surface area contributed by atoms with Crippen LogP contribution in [0.15, 0.2) is 34.7 Å². The van der Waals surface area contributed by atoms with E-state index in [4.69, 9.17) is 0 Å². The van der Waals surface area contributed by atoms with Gasteiger partial charge in [0.1, 0.15) is 0 Å². The van der Waals surface area contributed by atoms with Crippen molar-refractivity contribution in [1.29, 1.82) is 0 Å². The summed E-state index contributed by atoms with van der Waals surface area (Å²) in [5.74, 6) is 0.570. The smallest absolute Gasteiger partial charge is 0.243 e. The van der Waals surface area contributed by atoms with E-state index in [9.17, 15) is 13.2 Å². The summed E-state index contributed by atoms with van der Waals surface area (Å²) < 4.78 is 26.8. The standard InChI is InChI=1S/C21H27NO3S/c1-20(2)18-10-11-21(20,3)19(23)17(18)14-15-6-8-16(9-7-15)26(24,25)22-12-4-5-13-22/h6-9,14,18H,4-5,10-13H2,1-3H3/b17-14+/t18-,21-/m1/s1. The summed E-state index contributed by atoms with van der Waals surface area (Å²) in [6.07, 6.45) is 5.87. The number of nitrogens with zero attached hydrogens (tertiary/aromatic N) is 1. The molecule has 26 heavy (non-hydrogen) atoms. The zero-order valence-electron chi connectivity index (χ0n) is 15.8. The molecule has 2 atom stereocenters. The molecule has 5 heteroatoms. The van der Waals surface area contributed by atoms with Crippen molar-refractivity contribution in [3.05, 3.63) is 35.4 Å². The normalized spacial score (nSPS) is 32.7. The molecule has 0 unspecified atom stereocenters. The number of carbonyl (C=O) groups excluding carboxylic acids is 1. The second-order valence-electron chi connectivity index (χ2n) is 8.75. The van der Waals surface area contributed by atoms with Gasteiger partial charge in [0.2, 0.25) is 10.0 Å². The lowest BCUT2D eigenvalue weighted by molar-refractivity contribution is -0.125. The van der Waals surface area contributed by atoms with Gasteiger partial charge in [-0.2, -0.15) is 4.31 Å². The van der Waals surface area contributed by atoms with Crippen molar-refractivity contribution in [2.45, 2.75) is 51.3 Å². The molecule has 0 N–H and O–H groups in total. The monoisotopic (exact) mass is 373 g/mol. The lowest BCUT2D eigenvalue weighted by atomic mass is 9.70. The second kappa shape index (κ2) is 5.77. The Morgan fingerprint density at radius 2 is 1.69 bits per heavy atom. The summed E-state index contributed by atoms with van der Waals surface area (Å²) in [5, 5.41) is 0. The molecule has 2 bridgehead atoms. The molecule has 4 nitrogen and oxygen atoms in total. The van der Waals surface area contributed by atoms with Gasteiger partial charge in [0.25, 0.3) is 0 Å². The fourth-order valence-corrected chi connectivity index (χ4v) is 6.60. The molecule has 1 saturated heterocycles. The maximum Gasteiger partial charge on any atom is 0.243 e. The van der Waals surface area contributed by atoms with Crippen LogP contribution in [0.2, 0.25) is 0 Å². The number of hydrogen-bond donors (Lipinski definition) is 0. The topological polar surface area (TPSA) is 54.5 Å². The van der Waals surface area contributed by atoms with Gasteiger partial charge in [-0.25, -0.2) is 8.42 Å². The third-order valence-corrected chi connectivity index (χ3v) is 9.18. The number of carbonyl (C=O) groups is 1. The van der Waals surface area contributed by atoms with Crippen LogP contribution < -0.4 is 0 Å². The minimum absolute atomic E-state index is 0.00501. The second-order valence-corrected chi connectivity index (χ2v) is 10.7. The Kier molecular flexibility index (Phi) is 3.98. The van der Waals surface area contributed by atoms with E-state index in [1.165, 1.54) is 0 Å². The van der Waals surface area contributed by atoms with E-state index < -0.39 is 10.0 Å². The molecule has 1 aliphatic heterocycles. The Hall–Kier alpha value is -1.46. The Bertz CT molecular complexity index is 876. The molecule has 3 fully saturated rings. The largest absolute Gasteiger partial charge is 0.294 e. The minimum atomic E-state index is -3.38. The lowest BCUT2D eigenvalue weighted by Crippen LogP contribution is -2.32. The SMILES string of the molecule is CC1(C)[C@@H]2CC[C@]1(C)C(=O)/C2=C/c1ccc(S(=O)(=O)N2CCCC2)cc1. The molecule has 1 aromatic rings. The number of ketones is 1. The highest BCUT2D eigenvalue weighted by atomic mass is 32.2. The maximum absolute atomic E-state index is 12.9. The van der Waals surface area contributed by atoms with E-state index in [1.54, 1.807) is 16.4 Å². The van der Waals surface area contributed by atoms with Crippen LogP contribution in [0.3, 0.4) is 0 Å². The van der Waals surface area contributed by atoms with Crippen molar-refractivity contribution < 1.29 is 13.2 Å². The predicted molar refractivity (Wildman–Crippen MR) is 102 cm³/mol. The van der Waals surface area contributed by atoms with E-state index >= 15 is 0 Å². The van der Waals surface area contributed by atoms with Crippen molar-refractivity contribution in [2.75, 3.05) is 13.1 Å². The molecule has 1 heterocycles. The van der Waals surface area contributed by atoms with Crippen LogP contribution in [0.1, 0.15) is 52.0 Å². The molecule has 0 amide bonds. The van der Waals surface area contributed by atoms with Crippen LogP contribution in [0.25, 0.3) is 6.08 Å². The third-order valence-electron chi connectivity index (χ3n) is 7.27. The van der Waals surface area contributed by atoms with Gasteiger partial charge in [-0.05, 0) is 66.4 Å². The zero-order chi connectivity index (χ0) is 18.7. The molecule has 2 aliphatic carbocycles. The summed E-state index contributed by atoms with van der Waals surface area (Å²) in [4.78, 5) is 13.3. The average molecular weight is 374 g/mol. The summed E-state index contributed by atoms with van der Waals surface area (Å²) in [6, 6.07) is 6.99. The Labute approximate surface area is 156 Å². The fourth-order valence-electron chi connectivity index (χ4n) is 5.09. The Balaban J connectivity index is 1.63. The molecule has 2 saturated carbocycles. The molecule has 140 valence electrons. The van der Waals surface area contributed by atoms with Crippen molar-refractivity contribution in [1.82, 2.24) is 4.31 Å². The number of Topliss-reactive ketones (excluding diaryl/α,β-unsaturated/α-hetero) is 1. The summed E-state index contributed by atoms with van der Waals surface area (Å²) in [5.41, 5.74) is 1.55. The van der Waals surface area contributed by atoms with Crippen LogP contribution in [-0.2, 0) is 14.8 Å². The highest BCUT2D eigenvalue weighted by Gasteiger charge is 2.63. The van der Waals surface area contributed by atoms with E-state index in [-0.39, 0.29) is 16.6 Å². The minimum Gasteiger partial charge on any atom is -0.294 e. The first-order chi connectivity index (χ1) is 12.2. The number of hydrogen-bond acceptors (Lipinski definition) is 3. The van der Waals surface area contributed by atoms with Crippen molar-refractivity contribution in [2.24, 2.45) is 16.7 Å². The van der Waals surface area contributed by atoms with Crippen LogP contribution in [-0.4, -0.2) is 31.6 Å². The zero-order valence-corrected chi connectivity index (χ0v) is 16.6. The van der Waals surface area contributed by atoms with Crippen molar-refractivity contribution >= 4 is 21.9 Å². The predicted octanol–water partition coefficient (Wildman–Crippen LogP) is 3.88. The number of fused-ring (bicyclic) bond motifs is 2. The van der Waals surface area contributed by atoms with Crippen LogP contribution in [0.4, 0.5) is 0 Å².